The molecule has 2 aromatic carbocycles. The first-order valence-electron chi connectivity index (χ1n) is 9.86. The Labute approximate surface area is 179 Å². The Hall–Kier alpha value is -3.12. The first-order chi connectivity index (χ1) is 14.3. The molecule has 2 heterocycles. The number of nitrogens with one attached hydrogen (secondary N) is 1. The molecular weight excluding hydrogens is 400 g/mol. The number of fused-ring (bicyclic) bond motifs is 1. The van der Waals surface area contributed by atoms with Crippen molar-refractivity contribution < 1.29 is 9.90 Å². The van der Waals surface area contributed by atoms with Gasteiger partial charge in [-0.15, -0.1) is 5.10 Å². The van der Waals surface area contributed by atoms with E-state index in [1.165, 1.54) is 0 Å². The Balaban J connectivity index is 1.70. The lowest BCUT2D eigenvalue weighted by Crippen LogP contribution is -2.36. The molecule has 6 nitrogen and oxygen atoms in total. The van der Waals surface area contributed by atoms with Crippen molar-refractivity contribution in [3.05, 3.63) is 70.4 Å². The number of carbonyl (C=O) groups excluding carboxylic acids is 1. The molecule has 1 aliphatic carbocycles. The molecule has 0 saturated carbocycles. The van der Waals surface area contributed by atoms with Crippen LogP contribution in [-0.2, 0) is 4.79 Å². The second-order valence-corrected chi connectivity index (χ2v) is 9.04. The molecule has 152 valence electrons. The highest BCUT2D eigenvalue weighted by atomic mass is 35.5. The molecule has 3 aromatic rings. The van der Waals surface area contributed by atoms with Crippen LogP contribution in [0.1, 0.15) is 38.3 Å². The van der Waals surface area contributed by atoms with E-state index < -0.39 is 6.04 Å². The average Bonchev–Trinajstić information content (AvgIpc) is 3.10. The fraction of sp³-hybridized carbons (Fsp3) is 0.261. The van der Waals surface area contributed by atoms with Crippen LogP contribution in [0, 0.1) is 5.41 Å². The molecule has 5 rings (SSSR count). The zero-order chi connectivity index (χ0) is 21.0. The molecule has 0 saturated heterocycles. The van der Waals surface area contributed by atoms with Gasteiger partial charge >= 0.3 is 0 Å². The number of ketones is 1. The average molecular weight is 421 g/mol. The minimum Gasteiger partial charge on any atom is -0.508 e. The van der Waals surface area contributed by atoms with E-state index in [2.05, 4.69) is 19.2 Å². The van der Waals surface area contributed by atoms with Gasteiger partial charge in [0.25, 0.3) is 0 Å². The summed E-state index contributed by atoms with van der Waals surface area (Å²) in [7, 11) is 0. The van der Waals surface area contributed by atoms with E-state index in [0.29, 0.717) is 28.8 Å². The number of phenolic OH excluding ortho intramolecular Hbond substituents is 1. The first-order valence-corrected chi connectivity index (χ1v) is 10.2. The van der Waals surface area contributed by atoms with Crippen LogP contribution < -0.4 is 5.32 Å². The van der Waals surface area contributed by atoms with E-state index in [0.717, 1.165) is 23.2 Å². The maximum Gasteiger partial charge on any atom is 0.226 e. The number of anilines is 1. The molecule has 1 aromatic heterocycles. The highest BCUT2D eigenvalue weighted by Gasteiger charge is 2.42. The zero-order valence-corrected chi connectivity index (χ0v) is 17.4. The number of hydrogen-bond donors (Lipinski definition) is 2. The second-order valence-electron chi connectivity index (χ2n) is 8.63. The number of halogens is 1. The maximum atomic E-state index is 13.2. The first kappa shape index (κ1) is 18.9. The van der Waals surface area contributed by atoms with Gasteiger partial charge in [0.1, 0.15) is 11.8 Å². The Morgan fingerprint density at radius 3 is 2.60 bits per heavy atom. The van der Waals surface area contributed by atoms with Crippen molar-refractivity contribution in [1.82, 2.24) is 14.8 Å². The highest BCUT2D eigenvalue weighted by Crippen LogP contribution is 2.46. The van der Waals surface area contributed by atoms with Crippen LogP contribution in [0.25, 0.3) is 11.4 Å². The van der Waals surface area contributed by atoms with Crippen LogP contribution in [0.5, 0.6) is 5.75 Å². The third kappa shape index (κ3) is 3.08. The molecular formula is C23H21ClN4O2. The number of phenols is 1. The summed E-state index contributed by atoms with van der Waals surface area (Å²) in [4.78, 5) is 17.9. The van der Waals surface area contributed by atoms with Crippen molar-refractivity contribution >= 4 is 23.3 Å². The summed E-state index contributed by atoms with van der Waals surface area (Å²) in [6.07, 6.45) is 1.22. The van der Waals surface area contributed by atoms with Gasteiger partial charge in [0.15, 0.2) is 11.6 Å². The van der Waals surface area contributed by atoms with Crippen molar-refractivity contribution in [3.8, 4) is 17.1 Å². The summed E-state index contributed by atoms with van der Waals surface area (Å²) in [6, 6.07) is 13.8. The molecule has 30 heavy (non-hydrogen) atoms. The number of Topliss-reactive ketones (excluding diaryl/α,β-unsaturated/α-hetero) is 1. The molecule has 2 aliphatic rings. The number of aromatic hydroxyl groups is 1. The standard InChI is InChI=1S/C23H21ClN4O2/c1-23(2)11-17-19(18(30)12-23)20(15-5-3-4-6-16(15)24)28-22(25-17)26-21(27-28)13-7-9-14(29)10-8-13/h3-10,20,29H,11-12H2,1-2H3,(H,25,26,27)/t20-/m1/s1. The summed E-state index contributed by atoms with van der Waals surface area (Å²) >= 11 is 6.56. The van der Waals surface area contributed by atoms with Gasteiger partial charge in [-0.2, -0.15) is 4.98 Å². The monoisotopic (exact) mass is 420 g/mol. The Morgan fingerprint density at radius 1 is 1.13 bits per heavy atom. The van der Waals surface area contributed by atoms with Crippen LogP contribution in [-0.4, -0.2) is 25.7 Å². The lowest BCUT2D eigenvalue weighted by molar-refractivity contribution is -0.118. The van der Waals surface area contributed by atoms with Crippen LogP contribution in [0.3, 0.4) is 0 Å². The minimum absolute atomic E-state index is 0.103. The lowest BCUT2D eigenvalue weighted by Gasteiger charge is -2.38. The summed E-state index contributed by atoms with van der Waals surface area (Å²) < 4.78 is 1.75. The van der Waals surface area contributed by atoms with E-state index in [1.807, 2.05) is 24.3 Å². The molecule has 0 radical (unpaired) electrons. The Morgan fingerprint density at radius 2 is 1.87 bits per heavy atom. The smallest absolute Gasteiger partial charge is 0.226 e. The number of hydrogen-bond acceptors (Lipinski definition) is 5. The van der Waals surface area contributed by atoms with Gasteiger partial charge in [0.05, 0.1) is 0 Å². The summed E-state index contributed by atoms with van der Waals surface area (Å²) in [5.74, 6) is 1.37. The number of nitrogens with zero attached hydrogens (tertiary/aromatic N) is 3. The maximum absolute atomic E-state index is 13.2. The summed E-state index contributed by atoms with van der Waals surface area (Å²) in [6.45, 7) is 4.20. The predicted molar refractivity (Wildman–Crippen MR) is 115 cm³/mol. The van der Waals surface area contributed by atoms with Gasteiger partial charge in [-0.3, -0.25) is 4.79 Å². The fourth-order valence-electron chi connectivity index (χ4n) is 4.33. The third-order valence-corrected chi connectivity index (χ3v) is 6.00. The zero-order valence-electron chi connectivity index (χ0n) is 16.7. The summed E-state index contributed by atoms with van der Waals surface area (Å²) in [5, 5.41) is 18.3. The summed E-state index contributed by atoms with van der Waals surface area (Å²) in [5.41, 5.74) is 3.06. The van der Waals surface area contributed by atoms with Crippen LogP contribution in [0.15, 0.2) is 59.8 Å². The Bertz CT molecular complexity index is 1190. The second kappa shape index (κ2) is 6.71. The van der Waals surface area contributed by atoms with E-state index in [4.69, 9.17) is 21.7 Å². The fourth-order valence-corrected chi connectivity index (χ4v) is 4.57. The van der Waals surface area contributed by atoms with Gasteiger partial charge in [0.2, 0.25) is 5.95 Å². The normalized spacial score (nSPS) is 19.8. The molecule has 2 N–H and O–H groups in total. The number of rotatable bonds is 2. The topological polar surface area (TPSA) is 80.0 Å². The highest BCUT2D eigenvalue weighted by molar-refractivity contribution is 6.31. The largest absolute Gasteiger partial charge is 0.508 e. The SMILES string of the molecule is CC1(C)CC(=O)C2=C(C1)Nc1nc(-c3ccc(O)cc3)nn1[C@@H]2c1ccccc1Cl. The molecule has 1 aliphatic heterocycles. The van der Waals surface area contributed by atoms with Crippen molar-refractivity contribution in [2.45, 2.75) is 32.7 Å². The number of allylic oxidation sites excluding steroid dienone is 2. The van der Waals surface area contributed by atoms with E-state index >= 15 is 0 Å². The van der Waals surface area contributed by atoms with Crippen molar-refractivity contribution in [3.63, 3.8) is 0 Å². The van der Waals surface area contributed by atoms with Crippen molar-refractivity contribution in [2.75, 3.05) is 5.32 Å². The number of benzene rings is 2. The van der Waals surface area contributed by atoms with Crippen LogP contribution in [0.2, 0.25) is 5.02 Å². The molecule has 0 amide bonds. The van der Waals surface area contributed by atoms with Crippen LogP contribution >= 0.6 is 11.6 Å². The predicted octanol–water partition coefficient (Wildman–Crippen LogP) is 4.96. The van der Waals surface area contributed by atoms with E-state index in [9.17, 15) is 9.90 Å². The van der Waals surface area contributed by atoms with Crippen molar-refractivity contribution in [2.24, 2.45) is 5.41 Å². The Kier molecular flexibility index (Phi) is 4.22. The molecule has 1 atom stereocenters. The van der Waals surface area contributed by atoms with E-state index in [-0.39, 0.29) is 16.9 Å². The van der Waals surface area contributed by atoms with Crippen LogP contribution in [0.4, 0.5) is 5.95 Å². The molecule has 7 heteroatoms. The number of carbonyl (C=O) groups is 1. The molecule has 0 fully saturated rings. The molecule has 0 unspecified atom stereocenters. The third-order valence-electron chi connectivity index (χ3n) is 5.66. The van der Waals surface area contributed by atoms with Gasteiger partial charge in [-0.1, -0.05) is 43.6 Å². The van der Waals surface area contributed by atoms with Gasteiger partial charge < -0.3 is 10.4 Å². The number of aromatic nitrogens is 3. The van der Waals surface area contributed by atoms with E-state index in [1.54, 1.807) is 28.9 Å². The molecule has 0 spiro atoms. The minimum atomic E-state index is -0.438. The lowest BCUT2D eigenvalue weighted by atomic mass is 9.73. The van der Waals surface area contributed by atoms with Crippen molar-refractivity contribution in [1.29, 1.82) is 0 Å². The van der Waals surface area contributed by atoms with Gasteiger partial charge in [0, 0.05) is 33.8 Å². The molecule has 0 bridgehead atoms. The van der Waals surface area contributed by atoms with Gasteiger partial charge in [-0.25, -0.2) is 4.68 Å². The van der Waals surface area contributed by atoms with Gasteiger partial charge in [-0.05, 0) is 42.2 Å². The quantitative estimate of drug-likeness (QED) is 0.612.